The summed E-state index contributed by atoms with van der Waals surface area (Å²) in [5.41, 5.74) is 0.191. The zero-order valence-corrected chi connectivity index (χ0v) is 20.3. The van der Waals surface area contributed by atoms with E-state index in [0.717, 1.165) is 0 Å². The van der Waals surface area contributed by atoms with Crippen molar-refractivity contribution >= 4 is 45.7 Å². The molecule has 0 fully saturated rings. The van der Waals surface area contributed by atoms with E-state index < -0.39 is 0 Å². The lowest BCUT2D eigenvalue weighted by Crippen LogP contribution is -2.16. The topological polar surface area (TPSA) is 128 Å². The number of furan rings is 1. The van der Waals surface area contributed by atoms with Crippen LogP contribution in [0.3, 0.4) is 0 Å². The van der Waals surface area contributed by atoms with E-state index in [4.69, 9.17) is 20.8 Å². The molecule has 0 aliphatic heterocycles. The fourth-order valence-electron chi connectivity index (χ4n) is 3.42. The van der Waals surface area contributed by atoms with E-state index in [1.54, 1.807) is 61.0 Å². The second-order valence-electron chi connectivity index (χ2n) is 7.64. The van der Waals surface area contributed by atoms with Gasteiger partial charge in [-0.2, -0.15) is 5.10 Å². The summed E-state index contributed by atoms with van der Waals surface area (Å²) in [6.07, 6.45) is 3.15. The standard InChI is InChI=1S/C24H19ClN6O4S/c25-16-4-7-18(8-5-16)35-13-21-28-30-24(31(21)12-19-2-1-9-34-19)36-14-22(32)27-17-6-3-15-11-26-29-23(33)20(15)10-17/h1-11H,12-14H2,(H,27,32)(H,29,33). The largest absolute Gasteiger partial charge is 0.486 e. The molecule has 36 heavy (non-hydrogen) atoms. The summed E-state index contributed by atoms with van der Waals surface area (Å²) >= 11 is 7.17. The van der Waals surface area contributed by atoms with Crippen LogP contribution in [0.4, 0.5) is 5.69 Å². The highest BCUT2D eigenvalue weighted by molar-refractivity contribution is 7.99. The van der Waals surface area contributed by atoms with Gasteiger partial charge >= 0.3 is 0 Å². The number of hydrogen-bond donors (Lipinski definition) is 2. The molecule has 0 aliphatic carbocycles. The number of aromatic amines is 1. The van der Waals surface area contributed by atoms with Gasteiger partial charge in [0.1, 0.15) is 18.1 Å². The van der Waals surface area contributed by atoms with E-state index in [1.807, 2.05) is 10.6 Å². The minimum atomic E-state index is -0.322. The summed E-state index contributed by atoms with van der Waals surface area (Å²) in [4.78, 5) is 24.6. The van der Waals surface area contributed by atoms with Crippen LogP contribution >= 0.6 is 23.4 Å². The molecule has 1 amide bonds. The Morgan fingerprint density at radius 3 is 2.83 bits per heavy atom. The van der Waals surface area contributed by atoms with Crippen molar-refractivity contribution in [2.24, 2.45) is 0 Å². The van der Waals surface area contributed by atoms with Crippen molar-refractivity contribution in [3.05, 3.63) is 94.0 Å². The van der Waals surface area contributed by atoms with Crippen LogP contribution in [0.2, 0.25) is 5.02 Å². The normalized spacial score (nSPS) is 11.0. The van der Waals surface area contributed by atoms with Crippen molar-refractivity contribution in [2.75, 3.05) is 11.1 Å². The fraction of sp³-hybridized carbons (Fsp3) is 0.125. The maximum absolute atomic E-state index is 12.6. The Morgan fingerprint density at radius 1 is 1.17 bits per heavy atom. The molecule has 12 heteroatoms. The van der Waals surface area contributed by atoms with Gasteiger partial charge in [-0.15, -0.1) is 10.2 Å². The minimum Gasteiger partial charge on any atom is -0.486 e. The number of aromatic nitrogens is 5. The van der Waals surface area contributed by atoms with Crippen LogP contribution < -0.4 is 15.6 Å². The lowest BCUT2D eigenvalue weighted by molar-refractivity contribution is -0.113. The molecule has 10 nitrogen and oxygen atoms in total. The van der Waals surface area contributed by atoms with Crippen molar-refractivity contribution < 1.29 is 13.9 Å². The van der Waals surface area contributed by atoms with Crippen LogP contribution in [0.5, 0.6) is 5.75 Å². The number of benzene rings is 2. The first kappa shape index (κ1) is 23.6. The second kappa shape index (κ2) is 10.7. The van der Waals surface area contributed by atoms with Gasteiger partial charge in [0, 0.05) is 16.1 Å². The monoisotopic (exact) mass is 522 g/mol. The van der Waals surface area contributed by atoms with Gasteiger partial charge in [-0.3, -0.25) is 14.2 Å². The Bertz CT molecular complexity index is 1550. The van der Waals surface area contributed by atoms with E-state index >= 15 is 0 Å². The third-order valence-corrected chi connectivity index (χ3v) is 6.37. The number of ether oxygens (including phenoxy) is 1. The molecule has 0 saturated carbocycles. The molecule has 182 valence electrons. The number of nitrogens with one attached hydrogen (secondary N) is 2. The Kier molecular flexibility index (Phi) is 7.01. The molecule has 5 aromatic rings. The molecule has 0 aliphatic rings. The number of anilines is 1. The molecular weight excluding hydrogens is 504 g/mol. The molecule has 0 radical (unpaired) electrons. The number of H-pyrrole nitrogens is 1. The van der Waals surface area contributed by atoms with Gasteiger partial charge in [0.25, 0.3) is 5.56 Å². The highest BCUT2D eigenvalue weighted by atomic mass is 35.5. The summed E-state index contributed by atoms with van der Waals surface area (Å²) in [5, 5.41) is 19.8. The molecule has 0 unspecified atom stereocenters. The summed E-state index contributed by atoms with van der Waals surface area (Å²) in [6, 6.07) is 15.7. The lowest BCUT2D eigenvalue weighted by atomic mass is 10.2. The first-order chi connectivity index (χ1) is 17.5. The molecular formula is C24H19ClN6O4S. The summed E-state index contributed by atoms with van der Waals surface area (Å²) < 4.78 is 13.2. The molecule has 3 heterocycles. The third-order valence-electron chi connectivity index (χ3n) is 5.15. The van der Waals surface area contributed by atoms with Crippen LogP contribution in [0.25, 0.3) is 10.8 Å². The maximum Gasteiger partial charge on any atom is 0.272 e. The van der Waals surface area contributed by atoms with E-state index in [9.17, 15) is 9.59 Å². The van der Waals surface area contributed by atoms with Crippen molar-refractivity contribution in [1.29, 1.82) is 0 Å². The number of carbonyl (C=O) groups is 1. The molecule has 0 atom stereocenters. The van der Waals surface area contributed by atoms with Gasteiger partial charge in [-0.25, -0.2) is 5.10 Å². The highest BCUT2D eigenvalue weighted by Crippen LogP contribution is 2.22. The van der Waals surface area contributed by atoms with Crippen LogP contribution in [-0.4, -0.2) is 36.6 Å². The molecule has 2 N–H and O–H groups in total. The van der Waals surface area contributed by atoms with E-state index in [-0.39, 0.29) is 23.8 Å². The average molecular weight is 523 g/mol. The second-order valence-corrected chi connectivity index (χ2v) is 9.02. The fourth-order valence-corrected chi connectivity index (χ4v) is 4.30. The number of halogens is 1. The van der Waals surface area contributed by atoms with Gasteiger partial charge in [-0.1, -0.05) is 29.4 Å². The average Bonchev–Trinajstić information content (AvgIpc) is 3.53. The molecule has 5 rings (SSSR count). The molecule has 2 aromatic carbocycles. The van der Waals surface area contributed by atoms with Gasteiger partial charge in [0.15, 0.2) is 11.0 Å². The van der Waals surface area contributed by atoms with Crippen LogP contribution in [0.15, 0.2) is 81.4 Å². The number of nitrogens with zero attached hydrogens (tertiary/aromatic N) is 4. The molecule has 0 bridgehead atoms. The van der Waals surface area contributed by atoms with Gasteiger partial charge in [-0.05, 0) is 48.5 Å². The minimum absolute atomic E-state index is 0.0824. The van der Waals surface area contributed by atoms with Gasteiger partial charge in [0.2, 0.25) is 5.91 Å². The Morgan fingerprint density at radius 2 is 2.03 bits per heavy atom. The first-order valence-electron chi connectivity index (χ1n) is 10.8. The number of thioether (sulfide) groups is 1. The molecule has 0 saturated heterocycles. The number of amides is 1. The van der Waals surface area contributed by atoms with Crippen LogP contribution in [-0.2, 0) is 17.9 Å². The van der Waals surface area contributed by atoms with Crippen LogP contribution in [0.1, 0.15) is 11.6 Å². The zero-order chi connectivity index (χ0) is 24.9. The number of rotatable bonds is 9. The first-order valence-corrected chi connectivity index (χ1v) is 12.1. The van der Waals surface area contributed by atoms with Crippen molar-refractivity contribution in [1.82, 2.24) is 25.0 Å². The van der Waals surface area contributed by atoms with Gasteiger partial charge in [0.05, 0.1) is 30.1 Å². The smallest absolute Gasteiger partial charge is 0.272 e. The zero-order valence-electron chi connectivity index (χ0n) is 18.7. The predicted octanol–water partition coefficient (Wildman–Crippen LogP) is 4.12. The SMILES string of the molecule is O=C(CSc1nnc(COc2ccc(Cl)cc2)n1Cc1ccco1)Nc1ccc2cn[nH]c(=O)c2c1. The third kappa shape index (κ3) is 5.58. The molecule has 3 aromatic heterocycles. The van der Waals surface area contributed by atoms with E-state index in [2.05, 4.69) is 25.7 Å². The van der Waals surface area contributed by atoms with Crippen molar-refractivity contribution in [3.8, 4) is 5.75 Å². The van der Waals surface area contributed by atoms with Crippen molar-refractivity contribution in [3.63, 3.8) is 0 Å². The summed E-state index contributed by atoms with van der Waals surface area (Å²) in [5.74, 6) is 1.76. The maximum atomic E-state index is 12.6. The lowest BCUT2D eigenvalue weighted by Gasteiger charge is -2.10. The van der Waals surface area contributed by atoms with E-state index in [1.165, 1.54) is 11.8 Å². The van der Waals surface area contributed by atoms with Gasteiger partial charge < -0.3 is 14.5 Å². The van der Waals surface area contributed by atoms with Crippen molar-refractivity contribution in [2.45, 2.75) is 18.3 Å². The Labute approximate surface area is 213 Å². The Balaban J connectivity index is 1.28. The highest BCUT2D eigenvalue weighted by Gasteiger charge is 2.17. The quantitative estimate of drug-likeness (QED) is 0.277. The summed E-state index contributed by atoms with van der Waals surface area (Å²) in [6.45, 7) is 0.549. The number of carbonyl (C=O) groups excluding carboxylic acids is 1. The number of hydrogen-bond acceptors (Lipinski definition) is 8. The Hall–Kier alpha value is -4.09. The summed E-state index contributed by atoms with van der Waals surface area (Å²) in [7, 11) is 0. The number of fused-ring (bicyclic) bond motifs is 1. The van der Waals surface area contributed by atoms with E-state index in [0.29, 0.717) is 50.5 Å². The molecule has 0 spiro atoms. The predicted molar refractivity (Wildman–Crippen MR) is 135 cm³/mol. The van der Waals surface area contributed by atoms with Crippen LogP contribution in [0, 0.1) is 0 Å².